The molecular formula is C19H18N2O4S. The summed E-state index contributed by atoms with van der Waals surface area (Å²) in [6.45, 7) is 1.83. The molecule has 0 bridgehead atoms. The molecule has 1 aromatic carbocycles. The molecule has 2 aromatic heterocycles. The number of aryl methyl sites for hydroxylation is 1. The van der Waals surface area contributed by atoms with Gasteiger partial charge in [0.1, 0.15) is 5.76 Å². The number of ether oxygens (including phenoxy) is 1. The van der Waals surface area contributed by atoms with Crippen molar-refractivity contribution < 1.29 is 13.9 Å². The lowest BCUT2D eigenvalue weighted by molar-refractivity contribution is 0.0563. The second-order valence-corrected chi connectivity index (χ2v) is 6.61. The first-order valence-electron chi connectivity index (χ1n) is 8.00. The van der Waals surface area contributed by atoms with Gasteiger partial charge >= 0.3 is 5.97 Å². The summed E-state index contributed by atoms with van der Waals surface area (Å²) in [5.74, 6) is 0.675. The van der Waals surface area contributed by atoms with Crippen molar-refractivity contribution in [1.82, 2.24) is 9.97 Å². The molecule has 0 radical (unpaired) electrons. The lowest BCUT2D eigenvalue weighted by Gasteiger charge is -2.07. The van der Waals surface area contributed by atoms with E-state index in [0.29, 0.717) is 34.3 Å². The maximum absolute atomic E-state index is 12.4. The van der Waals surface area contributed by atoms with Crippen molar-refractivity contribution in [3.63, 3.8) is 0 Å². The topological polar surface area (TPSA) is 85.2 Å². The standard InChI is InChI=1S/C19H18N2O4S/c1-12-15(10-13-6-4-3-5-7-13)17(22)21-19(20-12)26-11-14-8-9-16(25-14)18(23)24-2/h3-9H,10-11H2,1-2H3,(H,20,21,22). The Morgan fingerprint density at radius 3 is 2.69 bits per heavy atom. The Morgan fingerprint density at radius 1 is 1.23 bits per heavy atom. The van der Waals surface area contributed by atoms with Gasteiger partial charge in [0, 0.05) is 17.7 Å². The highest BCUT2D eigenvalue weighted by molar-refractivity contribution is 7.98. The van der Waals surface area contributed by atoms with Crippen molar-refractivity contribution in [2.24, 2.45) is 0 Å². The fourth-order valence-electron chi connectivity index (χ4n) is 2.47. The predicted octanol–water partition coefficient (Wildman–Crippen LogP) is 3.34. The molecule has 0 spiro atoms. The average molecular weight is 370 g/mol. The van der Waals surface area contributed by atoms with Gasteiger partial charge in [-0.15, -0.1) is 0 Å². The Morgan fingerprint density at radius 2 is 2.00 bits per heavy atom. The highest BCUT2D eigenvalue weighted by Crippen LogP contribution is 2.21. The third kappa shape index (κ3) is 4.23. The summed E-state index contributed by atoms with van der Waals surface area (Å²) < 4.78 is 10.0. The molecule has 0 unspecified atom stereocenters. The van der Waals surface area contributed by atoms with Crippen molar-refractivity contribution in [2.75, 3.05) is 7.11 Å². The number of nitrogens with zero attached hydrogens (tertiary/aromatic N) is 1. The van der Waals surface area contributed by atoms with Gasteiger partial charge in [0.25, 0.3) is 5.56 Å². The number of carbonyl (C=O) groups excluding carboxylic acids is 1. The minimum absolute atomic E-state index is 0.140. The van der Waals surface area contributed by atoms with Crippen molar-refractivity contribution in [3.05, 3.63) is 81.2 Å². The number of carbonyl (C=O) groups is 1. The molecule has 0 fully saturated rings. The number of H-pyrrole nitrogens is 1. The van der Waals surface area contributed by atoms with Gasteiger partial charge in [0.05, 0.1) is 12.9 Å². The van der Waals surface area contributed by atoms with Crippen LogP contribution in [0.5, 0.6) is 0 Å². The molecule has 0 amide bonds. The molecule has 3 rings (SSSR count). The van der Waals surface area contributed by atoms with E-state index in [1.165, 1.54) is 18.9 Å². The molecule has 3 aromatic rings. The van der Waals surface area contributed by atoms with E-state index in [0.717, 1.165) is 5.56 Å². The number of aromatic amines is 1. The summed E-state index contributed by atoms with van der Waals surface area (Å²) in [4.78, 5) is 31.1. The van der Waals surface area contributed by atoms with Crippen LogP contribution in [-0.4, -0.2) is 23.0 Å². The van der Waals surface area contributed by atoms with Crippen LogP contribution >= 0.6 is 11.8 Å². The number of hydrogen-bond acceptors (Lipinski definition) is 6. The Bertz CT molecular complexity index is 963. The molecule has 6 nitrogen and oxygen atoms in total. The Balaban J connectivity index is 1.71. The monoisotopic (exact) mass is 370 g/mol. The SMILES string of the molecule is COC(=O)c1ccc(CSc2nc(C)c(Cc3ccccc3)c(=O)[nH]2)o1. The van der Waals surface area contributed by atoms with Gasteiger partial charge < -0.3 is 14.1 Å². The highest BCUT2D eigenvalue weighted by Gasteiger charge is 2.13. The first-order valence-corrected chi connectivity index (χ1v) is 8.99. The second-order valence-electron chi connectivity index (χ2n) is 5.64. The summed E-state index contributed by atoms with van der Waals surface area (Å²) in [6, 6.07) is 13.1. The number of methoxy groups -OCH3 is 1. The molecule has 0 aliphatic carbocycles. The molecule has 0 saturated carbocycles. The molecule has 2 heterocycles. The summed E-state index contributed by atoms with van der Waals surface area (Å²) in [5, 5.41) is 0.514. The maximum Gasteiger partial charge on any atom is 0.373 e. The van der Waals surface area contributed by atoms with Crippen molar-refractivity contribution in [1.29, 1.82) is 0 Å². The first kappa shape index (κ1) is 18.0. The molecule has 1 N–H and O–H groups in total. The molecule has 0 atom stereocenters. The van der Waals surface area contributed by atoms with E-state index in [1.54, 1.807) is 12.1 Å². The summed E-state index contributed by atoms with van der Waals surface area (Å²) >= 11 is 1.34. The third-order valence-electron chi connectivity index (χ3n) is 3.82. The quantitative estimate of drug-likeness (QED) is 0.407. The van der Waals surface area contributed by atoms with E-state index in [4.69, 9.17) is 4.42 Å². The number of aromatic nitrogens is 2. The predicted molar refractivity (Wildman–Crippen MR) is 98.5 cm³/mol. The molecular weight excluding hydrogens is 352 g/mol. The second kappa shape index (κ2) is 8.05. The third-order valence-corrected chi connectivity index (χ3v) is 4.72. The molecule has 26 heavy (non-hydrogen) atoms. The van der Waals surface area contributed by atoms with Gasteiger partial charge in [-0.25, -0.2) is 9.78 Å². The lowest BCUT2D eigenvalue weighted by atomic mass is 10.1. The van der Waals surface area contributed by atoms with Crippen LogP contribution in [0.1, 0.15) is 33.1 Å². The molecule has 0 aliphatic heterocycles. The van der Waals surface area contributed by atoms with E-state index >= 15 is 0 Å². The van der Waals surface area contributed by atoms with Gasteiger partial charge in [-0.3, -0.25) is 4.79 Å². The van der Waals surface area contributed by atoms with Crippen LogP contribution in [0.2, 0.25) is 0 Å². The number of nitrogens with one attached hydrogen (secondary N) is 1. The van der Waals surface area contributed by atoms with Crippen molar-refractivity contribution >= 4 is 17.7 Å². The van der Waals surface area contributed by atoms with E-state index in [1.807, 2.05) is 37.3 Å². The number of rotatable bonds is 6. The van der Waals surface area contributed by atoms with Gasteiger partial charge in [-0.1, -0.05) is 42.1 Å². The molecule has 134 valence electrons. The molecule has 0 saturated heterocycles. The fourth-order valence-corrected chi connectivity index (χ4v) is 3.27. The number of benzene rings is 1. The van der Waals surface area contributed by atoms with Crippen molar-refractivity contribution in [3.8, 4) is 0 Å². The van der Waals surface area contributed by atoms with Crippen LogP contribution in [-0.2, 0) is 16.9 Å². The van der Waals surface area contributed by atoms with E-state index in [-0.39, 0.29) is 11.3 Å². The Labute approximate surface area is 154 Å². The van der Waals surface area contributed by atoms with E-state index in [2.05, 4.69) is 14.7 Å². The van der Waals surface area contributed by atoms with Gasteiger partial charge in [-0.2, -0.15) is 0 Å². The van der Waals surface area contributed by atoms with E-state index in [9.17, 15) is 9.59 Å². The van der Waals surface area contributed by atoms with Crippen LogP contribution in [0.3, 0.4) is 0 Å². The largest absolute Gasteiger partial charge is 0.463 e. The zero-order chi connectivity index (χ0) is 18.5. The van der Waals surface area contributed by atoms with Gasteiger partial charge in [-0.05, 0) is 24.6 Å². The summed E-state index contributed by atoms with van der Waals surface area (Å²) in [6.07, 6.45) is 0.542. The van der Waals surface area contributed by atoms with Crippen LogP contribution in [0.25, 0.3) is 0 Å². The minimum Gasteiger partial charge on any atom is -0.463 e. The lowest BCUT2D eigenvalue weighted by Crippen LogP contribution is -2.17. The van der Waals surface area contributed by atoms with Crippen LogP contribution < -0.4 is 5.56 Å². The van der Waals surface area contributed by atoms with Crippen LogP contribution in [0.4, 0.5) is 0 Å². The maximum atomic E-state index is 12.4. The number of thioether (sulfide) groups is 1. The average Bonchev–Trinajstić information content (AvgIpc) is 3.12. The van der Waals surface area contributed by atoms with Gasteiger partial charge in [0.15, 0.2) is 5.16 Å². The molecule has 0 aliphatic rings. The Kier molecular flexibility index (Phi) is 5.58. The van der Waals surface area contributed by atoms with Crippen molar-refractivity contribution in [2.45, 2.75) is 24.3 Å². The van der Waals surface area contributed by atoms with Crippen LogP contribution in [0, 0.1) is 6.92 Å². The number of esters is 1. The normalized spacial score (nSPS) is 10.7. The van der Waals surface area contributed by atoms with E-state index < -0.39 is 5.97 Å². The first-order chi connectivity index (χ1) is 12.6. The van der Waals surface area contributed by atoms with Gasteiger partial charge in [0.2, 0.25) is 5.76 Å². The molecule has 7 heteroatoms. The number of hydrogen-bond donors (Lipinski definition) is 1. The zero-order valence-corrected chi connectivity index (χ0v) is 15.3. The zero-order valence-electron chi connectivity index (χ0n) is 14.4. The van der Waals surface area contributed by atoms with Crippen LogP contribution in [0.15, 0.2) is 56.8 Å². The fraction of sp³-hybridized carbons (Fsp3) is 0.211. The minimum atomic E-state index is -0.520. The summed E-state index contributed by atoms with van der Waals surface area (Å²) in [5.41, 5.74) is 2.29. The highest BCUT2D eigenvalue weighted by atomic mass is 32.2. The smallest absolute Gasteiger partial charge is 0.373 e. The summed E-state index contributed by atoms with van der Waals surface area (Å²) in [7, 11) is 1.30. The number of furan rings is 1. The Hall–Kier alpha value is -2.80.